The Morgan fingerprint density at radius 1 is 1.08 bits per heavy atom. The van der Waals surface area contributed by atoms with Crippen molar-refractivity contribution in [1.29, 1.82) is 0 Å². The number of hydrogen-bond donors (Lipinski definition) is 2. The van der Waals surface area contributed by atoms with Gasteiger partial charge in [0.25, 0.3) is 0 Å². The number of phenols is 1. The van der Waals surface area contributed by atoms with Crippen LogP contribution in [0.4, 0.5) is 0 Å². The van der Waals surface area contributed by atoms with Gasteiger partial charge in [0.2, 0.25) is 0 Å². The van der Waals surface area contributed by atoms with Crippen LogP contribution >= 0.6 is 10.2 Å². The van der Waals surface area contributed by atoms with E-state index in [1.807, 2.05) is 0 Å². The van der Waals surface area contributed by atoms with E-state index in [0.29, 0.717) is 11.7 Å². The normalized spacial score (nSPS) is 12.9. The lowest BCUT2D eigenvalue weighted by Crippen LogP contribution is -2.26. The Bertz CT molecular complexity index is 677. The Morgan fingerprint density at radius 2 is 1.75 bits per heavy atom. The molecule has 0 spiro atoms. The van der Waals surface area contributed by atoms with Gasteiger partial charge in [0.1, 0.15) is 5.75 Å². The molecule has 0 saturated carbocycles. The van der Waals surface area contributed by atoms with Gasteiger partial charge in [-0.25, -0.2) is 0 Å². The monoisotopic (exact) mass is 347 g/mol. The van der Waals surface area contributed by atoms with Crippen LogP contribution in [0.3, 0.4) is 0 Å². The van der Waals surface area contributed by atoms with E-state index in [4.69, 9.17) is 0 Å². The van der Waals surface area contributed by atoms with Crippen molar-refractivity contribution in [2.24, 2.45) is 0 Å². The number of phenolic OH excluding ortho intramolecular Hbond substituents is 1. The third-order valence-electron chi connectivity index (χ3n) is 4.92. The fraction of sp³-hybridized carbons (Fsp3) is 0.524. The van der Waals surface area contributed by atoms with E-state index in [0.717, 1.165) is 28.5 Å². The maximum absolute atomic E-state index is 11.2. The molecule has 2 aromatic carbocycles. The Labute approximate surface area is 149 Å². The zero-order valence-electron chi connectivity index (χ0n) is 15.9. The molecule has 0 bridgehead atoms. The average Bonchev–Trinajstić information content (AvgIpc) is 2.58. The summed E-state index contributed by atoms with van der Waals surface area (Å²) < 4.78 is 3.84. The molecule has 2 N–H and O–H groups in total. The van der Waals surface area contributed by atoms with Crippen LogP contribution in [0.5, 0.6) is 5.75 Å². The van der Waals surface area contributed by atoms with Crippen LogP contribution < -0.4 is 4.72 Å². The first-order valence-corrected chi connectivity index (χ1v) is 11.3. The molecule has 0 saturated heterocycles. The maximum atomic E-state index is 11.2. The number of fused-ring (bicyclic) bond motifs is 1. The second-order valence-corrected chi connectivity index (χ2v) is 10.4. The fourth-order valence-corrected chi connectivity index (χ4v) is 6.42. The number of hydrogen-bond acceptors (Lipinski definition) is 2. The minimum atomic E-state index is -1.20. The summed E-state index contributed by atoms with van der Waals surface area (Å²) in [4.78, 5) is 1.14. The van der Waals surface area contributed by atoms with Gasteiger partial charge in [-0.15, -0.1) is 0 Å². The van der Waals surface area contributed by atoms with E-state index < -0.39 is 10.2 Å². The summed E-state index contributed by atoms with van der Waals surface area (Å²) in [5.74, 6) is 2.93. The second kappa shape index (κ2) is 8.26. The zero-order valence-corrected chi connectivity index (χ0v) is 16.7. The van der Waals surface area contributed by atoms with E-state index in [2.05, 4.69) is 69.7 Å². The lowest BCUT2D eigenvalue weighted by molar-refractivity contribution is 0.452. The van der Waals surface area contributed by atoms with E-state index in [9.17, 15) is 5.11 Å². The molecule has 2 aromatic rings. The second-order valence-electron chi connectivity index (χ2n) is 6.72. The molecule has 24 heavy (non-hydrogen) atoms. The molecule has 0 aliphatic rings. The number of nitrogens with one attached hydrogen (secondary N) is 1. The lowest BCUT2D eigenvalue weighted by atomic mass is 9.95. The third-order valence-corrected chi connectivity index (χ3v) is 8.80. The van der Waals surface area contributed by atoms with Crippen LogP contribution in [0.25, 0.3) is 10.8 Å². The van der Waals surface area contributed by atoms with Crippen molar-refractivity contribution in [3.63, 3.8) is 0 Å². The van der Waals surface area contributed by atoms with Crippen molar-refractivity contribution < 1.29 is 5.11 Å². The van der Waals surface area contributed by atoms with Crippen LogP contribution in [0.1, 0.15) is 58.9 Å². The number of benzene rings is 2. The molecule has 2 nitrogen and oxygen atoms in total. The molecule has 0 atom stereocenters. The van der Waals surface area contributed by atoms with Crippen LogP contribution in [-0.2, 0) is 0 Å². The summed E-state index contributed by atoms with van der Waals surface area (Å²) in [5, 5.41) is 13.6. The van der Waals surface area contributed by atoms with Crippen molar-refractivity contribution in [2.75, 3.05) is 18.1 Å². The van der Waals surface area contributed by atoms with Gasteiger partial charge in [0.15, 0.2) is 0 Å². The summed E-state index contributed by atoms with van der Waals surface area (Å²) in [7, 11) is -1.20. The largest absolute Gasteiger partial charge is 0.506 e. The van der Waals surface area contributed by atoms with E-state index in [1.165, 1.54) is 23.6 Å². The zero-order chi connectivity index (χ0) is 17.7. The van der Waals surface area contributed by atoms with Gasteiger partial charge in [-0.1, -0.05) is 65.3 Å². The average molecular weight is 348 g/mol. The molecule has 0 heterocycles. The summed E-state index contributed by atoms with van der Waals surface area (Å²) in [5.41, 5.74) is 1.10. The fourth-order valence-electron chi connectivity index (χ4n) is 3.46. The summed E-state index contributed by atoms with van der Waals surface area (Å²) in [6, 6.07) is 10.7. The van der Waals surface area contributed by atoms with Crippen molar-refractivity contribution >= 4 is 21.0 Å². The molecule has 3 heteroatoms. The highest BCUT2D eigenvalue weighted by atomic mass is 32.3. The molecule has 0 fully saturated rings. The lowest BCUT2D eigenvalue weighted by Gasteiger charge is -2.41. The van der Waals surface area contributed by atoms with Gasteiger partial charge in [-0.3, -0.25) is 4.72 Å². The summed E-state index contributed by atoms with van der Waals surface area (Å²) >= 11 is 0. The van der Waals surface area contributed by atoms with Crippen molar-refractivity contribution in [2.45, 2.75) is 58.3 Å². The van der Waals surface area contributed by atoms with E-state index in [1.54, 1.807) is 0 Å². The Hall–Kier alpha value is -1.19. The quantitative estimate of drug-likeness (QED) is 0.559. The minimum Gasteiger partial charge on any atom is -0.506 e. The molecule has 0 aliphatic carbocycles. The standard InChI is InChI=1S/C21H33NOS/c1-6-9-14-22-24(7-2,8-3)19-15-17-12-10-11-13-18(17)20(16(4)5)21(19)23/h10-13,15-16,22-23H,6-9,14H2,1-5H3. The first kappa shape index (κ1) is 19.1. The molecule has 134 valence electrons. The summed E-state index contributed by atoms with van der Waals surface area (Å²) in [6.07, 6.45) is 2.37. The molecule has 0 amide bonds. The van der Waals surface area contributed by atoms with Gasteiger partial charge >= 0.3 is 0 Å². The molecule has 2 rings (SSSR count). The van der Waals surface area contributed by atoms with Crippen LogP contribution in [0.2, 0.25) is 0 Å². The Balaban J connectivity index is 2.66. The molecule has 0 aliphatic heterocycles. The molecular formula is C21H33NOS. The highest BCUT2D eigenvalue weighted by Crippen LogP contribution is 2.57. The highest BCUT2D eigenvalue weighted by Gasteiger charge is 2.28. The summed E-state index contributed by atoms with van der Waals surface area (Å²) in [6.45, 7) is 12.1. The Morgan fingerprint density at radius 3 is 2.33 bits per heavy atom. The van der Waals surface area contributed by atoms with Crippen molar-refractivity contribution in [3.05, 3.63) is 35.9 Å². The van der Waals surface area contributed by atoms with Crippen molar-refractivity contribution in [3.8, 4) is 5.75 Å². The van der Waals surface area contributed by atoms with E-state index >= 15 is 0 Å². The van der Waals surface area contributed by atoms with Gasteiger partial charge < -0.3 is 5.11 Å². The molecular weight excluding hydrogens is 314 g/mol. The molecule has 0 aromatic heterocycles. The molecule has 0 radical (unpaired) electrons. The predicted octanol–water partition coefficient (Wildman–Crippen LogP) is 6.18. The highest BCUT2D eigenvalue weighted by molar-refractivity contribution is 8.32. The number of rotatable bonds is 8. The predicted molar refractivity (Wildman–Crippen MR) is 110 cm³/mol. The van der Waals surface area contributed by atoms with Crippen LogP contribution in [0.15, 0.2) is 35.2 Å². The van der Waals surface area contributed by atoms with Crippen molar-refractivity contribution in [1.82, 2.24) is 4.72 Å². The van der Waals surface area contributed by atoms with Crippen LogP contribution in [-0.4, -0.2) is 23.2 Å². The van der Waals surface area contributed by atoms with Gasteiger partial charge in [-0.2, -0.15) is 10.2 Å². The van der Waals surface area contributed by atoms with Crippen LogP contribution in [0, 0.1) is 0 Å². The first-order chi connectivity index (χ1) is 11.5. The topological polar surface area (TPSA) is 32.3 Å². The smallest absolute Gasteiger partial charge is 0.132 e. The number of aromatic hydroxyl groups is 1. The van der Waals surface area contributed by atoms with Gasteiger partial charge in [-0.05, 0) is 40.7 Å². The molecule has 0 unspecified atom stereocenters. The number of unbranched alkanes of at least 4 members (excludes halogenated alkanes) is 1. The third kappa shape index (κ3) is 3.57. The SMILES string of the molecule is CCCCNS(CC)(CC)c1cc2ccccc2c(C(C)C)c1O. The maximum Gasteiger partial charge on any atom is 0.132 e. The Kier molecular flexibility index (Phi) is 6.59. The first-order valence-electron chi connectivity index (χ1n) is 9.28. The minimum absolute atomic E-state index is 0.302. The van der Waals surface area contributed by atoms with Gasteiger partial charge in [0.05, 0.1) is 0 Å². The van der Waals surface area contributed by atoms with Gasteiger partial charge in [0, 0.05) is 17.0 Å². The van der Waals surface area contributed by atoms with E-state index in [-0.39, 0.29) is 0 Å².